The van der Waals surface area contributed by atoms with Gasteiger partial charge < -0.3 is 15.3 Å². The summed E-state index contributed by atoms with van der Waals surface area (Å²) in [5, 5.41) is 20.3. The van der Waals surface area contributed by atoms with Crippen molar-refractivity contribution in [2.45, 2.75) is 6.04 Å². The van der Waals surface area contributed by atoms with Crippen LogP contribution in [0.25, 0.3) is 0 Å². The molecule has 0 aromatic heterocycles. The standard InChI is InChI=1S/C13H11N3O4/c14-5-8-2-1-3-9(4-8)12(18)16-7-11(17)15-6-10(16)13(19)20/h1-4,10H,6-7H2,(H,15,17)(H,19,20). The van der Waals surface area contributed by atoms with Gasteiger partial charge in [0.2, 0.25) is 5.91 Å². The molecular formula is C13H11N3O4. The molecule has 1 heterocycles. The molecule has 2 rings (SSSR count). The van der Waals surface area contributed by atoms with Crippen molar-refractivity contribution < 1.29 is 19.5 Å². The molecule has 1 aromatic rings. The molecule has 7 heteroatoms. The Kier molecular flexibility index (Phi) is 3.66. The molecule has 2 amide bonds. The minimum absolute atomic E-state index is 0.127. The van der Waals surface area contributed by atoms with Crippen molar-refractivity contribution in [2.75, 3.05) is 13.1 Å². The van der Waals surface area contributed by atoms with Gasteiger partial charge in [0, 0.05) is 12.1 Å². The largest absolute Gasteiger partial charge is 0.480 e. The topological polar surface area (TPSA) is 111 Å². The Morgan fingerprint density at radius 2 is 2.20 bits per heavy atom. The van der Waals surface area contributed by atoms with E-state index in [-0.39, 0.29) is 18.7 Å². The number of carboxylic acids is 1. The number of nitrogens with one attached hydrogen (secondary N) is 1. The van der Waals surface area contributed by atoms with E-state index >= 15 is 0 Å². The van der Waals surface area contributed by atoms with Crippen LogP contribution < -0.4 is 5.32 Å². The molecular weight excluding hydrogens is 262 g/mol. The normalized spacial score (nSPS) is 18.1. The van der Waals surface area contributed by atoms with Crippen molar-refractivity contribution in [3.8, 4) is 6.07 Å². The van der Waals surface area contributed by atoms with Crippen LogP contribution >= 0.6 is 0 Å². The first kappa shape index (κ1) is 13.5. The lowest BCUT2D eigenvalue weighted by molar-refractivity contribution is -0.144. The van der Waals surface area contributed by atoms with Gasteiger partial charge in [-0.25, -0.2) is 4.79 Å². The van der Waals surface area contributed by atoms with Crippen LogP contribution in [0.5, 0.6) is 0 Å². The summed E-state index contributed by atoms with van der Waals surface area (Å²) < 4.78 is 0. The van der Waals surface area contributed by atoms with Crippen LogP contribution in [-0.2, 0) is 9.59 Å². The summed E-state index contributed by atoms with van der Waals surface area (Å²) in [6.07, 6.45) is 0. The average Bonchev–Trinajstić information content (AvgIpc) is 2.46. The van der Waals surface area contributed by atoms with Crippen LogP contribution in [0.2, 0.25) is 0 Å². The fraction of sp³-hybridized carbons (Fsp3) is 0.231. The number of piperazine rings is 1. The number of nitrogens with zero attached hydrogens (tertiary/aromatic N) is 2. The van der Waals surface area contributed by atoms with Gasteiger partial charge in [-0.15, -0.1) is 0 Å². The summed E-state index contributed by atoms with van der Waals surface area (Å²) in [5.74, 6) is -2.17. The molecule has 7 nitrogen and oxygen atoms in total. The van der Waals surface area contributed by atoms with E-state index in [1.807, 2.05) is 6.07 Å². The van der Waals surface area contributed by atoms with Crippen LogP contribution in [-0.4, -0.2) is 46.9 Å². The second-order valence-electron chi connectivity index (χ2n) is 4.28. The Bertz CT molecular complexity index is 620. The molecule has 1 aliphatic rings. The van der Waals surface area contributed by atoms with E-state index in [0.717, 1.165) is 4.90 Å². The quantitative estimate of drug-likeness (QED) is 0.760. The Morgan fingerprint density at radius 3 is 2.85 bits per heavy atom. The summed E-state index contributed by atoms with van der Waals surface area (Å²) in [6.45, 7) is -0.440. The molecule has 2 N–H and O–H groups in total. The Hall–Kier alpha value is -2.88. The Labute approximate surface area is 114 Å². The van der Waals surface area contributed by atoms with Gasteiger partial charge in [-0.3, -0.25) is 9.59 Å². The highest BCUT2D eigenvalue weighted by Crippen LogP contribution is 2.13. The molecule has 0 radical (unpaired) electrons. The summed E-state index contributed by atoms with van der Waals surface area (Å²) in [5.41, 5.74) is 0.481. The van der Waals surface area contributed by atoms with Crippen LogP contribution in [0, 0.1) is 11.3 Å². The molecule has 1 aromatic carbocycles. The number of aliphatic carboxylic acids is 1. The first-order chi connectivity index (χ1) is 9.52. The van der Waals surface area contributed by atoms with Gasteiger partial charge in [0.25, 0.3) is 5.91 Å². The maximum absolute atomic E-state index is 12.3. The van der Waals surface area contributed by atoms with Crippen LogP contribution in [0.4, 0.5) is 0 Å². The van der Waals surface area contributed by atoms with Gasteiger partial charge in [0.1, 0.15) is 12.6 Å². The van der Waals surface area contributed by atoms with Gasteiger partial charge in [-0.2, -0.15) is 5.26 Å². The minimum atomic E-state index is -1.19. The van der Waals surface area contributed by atoms with Crippen LogP contribution in [0.3, 0.4) is 0 Å². The summed E-state index contributed by atoms with van der Waals surface area (Å²) >= 11 is 0. The van der Waals surface area contributed by atoms with Crippen LogP contribution in [0.1, 0.15) is 15.9 Å². The van der Waals surface area contributed by atoms with Gasteiger partial charge in [-0.05, 0) is 18.2 Å². The second-order valence-corrected chi connectivity index (χ2v) is 4.28. The fourth-order valence-electron chi connectivity index (χ4n) is 1.96. The van der Waals surface area contributed by atoms with E-state index in [9.17, 15) is 14.4 Å². The average molecular weight is 273 g/mol. The van der Waals surface area contributed by atoms with E-state index in [1.54, 1.807) is 0 Å². The van der Waals surface area contributed by atoms with Gasteiger partial charge in [0.05, 0.1) is 11.6 Å². The van der Waals surface area contributed by atoms with E-state index in [1.165, 1.54) is 24.3 Å². The van der Waals surface area contributed by atoms with E-state index < -0.39 is 23.8 Å². The smallest absolute Gasteiger partial charge is 0.328 e. The molecule has 0 bridgehead atoms. The molecule has 20 heavy (non-hydrogen) atoms. The van der Waals surface area contributed by atoms with Crippen molar-refractivity contribution in [2.24, 2.45) is 0 Å². The molecule has 1 saturated heterocycles. The molecule has 0 aliphatic carbocycles. The lowest BCUT2D eigenvalue weighted by Gasteiger charge is -2.32. The summed E-state index contributed by atoms with van der Waals surface area (Å²) in [6, 6.07) is 6.71. The number of carbonyl (C=O) groups excluding carboxylic acids is 2. The highest BCUT2D eigenvalue weighted by molar-refractivity contribution is 6.00. The summed E-state index contributed by atoms with van der Waals surface area (Å²) in [7, 11) is 0. The minimum Gasteiger partial charge on any atom is -0.480 e. The number of carboxylic acid groups (broad SMARTS) is 1. The molecule has 0 spiro atoms. The lowest BCUT2D eigenvalue weighted by Crippen LogP contribution is -2.59. The first-order valence-corrected chi connectivity index (χ1v) is 5.83. The Balaban J connectivity index is 2.31. The second kappa shape index (κ2) is 5.40. The van der Waals surface area contributed by atoms with Gasteiger partial charge in [0.15, 0.2) is 0 Å². The number of hydrogen-bond acceptors (Lipinski definition) is 4. The third kappa shape index (κ3) is 2.59. The maximum Gasteiger partial charge on any atom is 0.328 e. The third-order valence-electron chi connectivity index (χ3n) is 2.97. The van der Waals surface area contributed by atoms with E-state index in [2.05, 4.69) is 5.32 Å². The van der Waals surface area contributed by atoms with Crippen molar-refractivity contribution in [3.63, 3.8) is 0 Å². The SMILES string of the molecule is N#Cc1cccc(C(=O)N2CC(=O)NCC2C(=O)O)c1. The van der Waals surface area contributed by atoms with Crippen molar-refractivity contribution >= 4 is 17.8 Å². The molecule has 1 unspecified atom stereocenters. The number of nitriles is 1. The Morgan fingerprint density at radius 1 is 1.45 bits per heavy atom. The zero-order valence-corrected chi connectivity index (χ0v) is 10.4. The molecule has 1 aliphatic heterocycles. The number of amides is 2. The number of hydrogen-bond donors (Lipinski definition) is 2. The van der Waals surface area contributed by atoms with Crippen molar-refractivity contribution in [1.29, 1.82) is 5.26 Å². The number of carbonyl (C=O) groups is 3. The predicted molar refractivity (Wildman–Crippen MR) is 66.6 cm³/mol. The molecule has 1 atom stereocenters. The van der Waals surface area contributed by atoms with Crippen LogP contribution in [0.15, 0.2) is 24.3 Å². The van der Waals surface area contributed by atoms with E-state index in [4.69, 9.17) is 10.4 Å². The third-order valence-corrected chi connectivity index (χ3v) is 2.97. The molecule has 1 fully saturated rings. The number of benzene rings is 1. The predicted octanol–water partition coefficient (Wildman–Crippen LogP) is -0.417. The van der Waals surface area contributed by atoms with Crippen molar-refractivity contribution in [3.05, 3.63) is 35.4 Å². The fourth-order valence-corrected chi connectivity index (χ4v) is 1.96. The highest BCUT2D eigenvalue weighted by atomic mass is 16.4. The molecule has 102 valence electrons. The lowest BCUT2D eigenvalue weighted by atomic mass is 10.1. The summed E-state index contributed by atoms with van der Waals surface area (Å²) in [4.78, 5) is 35.8. The van der Waals surface area contributed by atoms with E-state index in [0.29, 0.717) is 5.56 Å². The van der Waals surface area contributed by atoms with Gasteiger partial charge in [-0.1, -0.05) is 6.07 Å². The zero-order valence-electron chi connectivity index (χ0n) is 10.4. The highest BCUT2D eigenvalue weighted by Gasteiger charge is 2.35. The first-order valence-electron chi connectivity index (χ1n) is 5.83. The zero-order chi connectivity index (χ0) is 14.7. The number of rotatable bonds is 2. The maximum atomic E-state index is 12.3. The molecule has 0 saturated carbocycles. The van der Waals surface area contributed by atoms with Crippen molar-refractivity contribution in [1.82, 2.24) is 10.2 Å². The van der Waals surface area contributed by atoms with Gasteiger partial charge >= 0.3 is 5.97 Å². The monoisotopic (exact) mass is 273 g/mol.